The van der Waals surface area contributed by atoms with Gasteiger partial charge in [0.1, 0.15) is 0 Å². The van der Waals surface area contributed by atoms with Gasteiger partial charge >= 0.3 is 0 Å². The van der Waals surface area contributed by atoms with Crippen LogP contribution in [0.15, 0.2) is 72.5 Å². The van der Waals surface area contributed by atoms with E-state index in [4.69, 9.17) is 5.73 Å². The molecular formula is C30H41N. The summed E-state index contributed by atoms with van der Waals surface area (Å²) in [5.74, 6) is 6.45. The highest BCUT2D eigenvalue weighted by Gasteiger charge is 2.44. The van der Waals surface area contributed by atoms with Crippen LogP contribution in [0.5, 0.6) is 0 Å². The summed E-state index contributed by atoms with van der Waals surface area (Å²) in [6.07, 6.45) is 39.7. The van der Waals surface area contributed by atoms with Gasteiger partial charge in [0.2, 0.25) is 0 Å². The molecule has 0 radical (unpaired) electrons. The lowest BCUT2D eigenvalue weighted by Gasteiger charge is -2.49. The number of hydrogen-bond acceptors (Lipinski definition) is 1. The van der Waals surface area contributed by atoms with Crippen molar-refractivity contribution in [2.24, 2.45) is 53.1 Å². The van der Waals surface area contributed by atoms with E-state index in [1.165, 1.54) is 64.2 Å². The van der Waals surface area contributed by atoms with E-state index in [1.54, 1.807) is 11.8 Å². The van der Waals surface area contributed by atoms with Crippen molar-refractivity contribution < 1.29 is 0 Å². The molecule has 0 bridgehead atoms. The topological polar surface area (TPSA) is 26.0 Å². The van der Waals surface area contributed by atoms with Crippen LogP contribution >= 0.6 is 0 Å². The van der Waals surface area contributed by atoms with Crippen LogP contribution in [0.3, 0.4) is 0 Å². The smallest absolute Gasteiger partial charge is 0.00111 e. The van der Waals surface area contributed by atoms with E-state index in [1.807, 2.05) is 6.08 Å². The lowest BCUT2D eigenvalue weighted by Crippen LogP contribution is -2.41. The van der Waals surface area contributed by atoms with E-state index >= 15 is 0 Å². The molecule has 8 atom stereocenters. The van der Waals surface area contributed by atoms with Crippen LogP contribution in [0.4, 0.5) is 0 Å². The molecule has 0 aromatic heterocycles. The first-order valence-corrected chi connectivity index (χ1v) is 13.1. The summed E-state index contributed by atoms with van der Waals surface area (Å²) in [5.41, 5.74) is 7.20. The first kappa shape index (κ1) is 21.1. The van der Waals surface area contributed by atoms with Gasteiger partial charge < -0.3 is 5.73 Å². The molecule has 2 N–H and O–H groups in total. The van der Waals surface area contributed by atoms with Crippen LogP contribution in [-0.2, 0) is 0 Å². The third-order valence-corrected chi connectivity index (χ3v) is 9.21. The van der Waals surface area contributed by atoms with Gasteiger partial charge in [-0.2, -0.15) is 0 Å². The van der Waals surface area contributed by atoms with Gasteiger partial charge in [0.25, 0.3) is 0 Å². The van der Waals surface area contributed by atoms with Crippen molar-refractivity contribution in [3.63, 3.8) is 0 Å². The SMILES string of the molecule is N/C=C\C=C\C1CC=C(C2C=CC(C3CCCC4C=CCCC43)C3C=CCCC23)CC1. The summed E-state index contributed by atoms with van der Waals surface area (Å²) in [5, 5.41) is 0. The van der Waals surface area contributed by atoms with Crippen LogP contribution in [0.25, 0.3) is 0 Å². The maximum absolute atomic E-state index is 5.47. The molecule has 8 unspecified atom stereocenters. The normalized spacial score (nSPS) is 42.5. The molecule has 5 aliphatic carbocycles. The molecule has 5 rings (SSSR count). The molecule has 0 amide bonds. The van der Waals surface area contributed by atoms with Crippen molar-refractivity contribution in [1.29, 1.82) is 0 Å². The molecule has 1 fully saturated rings. The summed E-state index contributed by atoms with van der Waals surface area (Å²) < 4.78 is 0. The van der Waals surface area contributed by atoms with Crippen molar-refractivity contribution in [3.05, 3.63) is 72.5 Å². The number of fused-ring (bicyclic) bond motifs is 2. The molecule has 5 aliphatic rings. The number of hydrogen-bond donors (Lipinski definition) is 1. The zero-order chi connectivity index (χ0) is 21.0. The first-order chi connectivity index (χ1) is 15.3. The molecule has 1 heteroatoms. The third kappa shape index (κ3) is 4.43. The zero-order valence-electron chi connectivity index (χ0n) is 19.1. The molecule has 1 saturated carbocycles. The van der Waals surface area contributed by atoms with Gasteiger partial charge in [-0.1, -0.05) is 66.7 Å². The van der Waals surface area contributed by atoms with Gasteiger partial charge in [-0.05, 0) is 111 Å². The van der Waals surface area contributed by atoms with E-state index in [2.05, 4.69) is 54.7 Å². The van der Waals surface area contributed by atoms with Gasteiger partial charge in [0.15, 0.2) is 0 Å². The van der Waals surface area contributed by atoms with Crippen molar-refractivity contribution in [2.45, 2.75) is 64.2 Å². The van der Waals surface area contributed by atoms with E-state index in [-0.39, 0.29) is 0 Å². The highest BCUT2D eigenvalue weighted by Crippen LogP contribution is 2.53. The second-order valence-electron chi connectivity index (χ2n) is 10.7. The Hall–Kier alpha value is -1.76. The monoisotopic (exact) mass is 415 g/mol. The molecule has 0 aromatic carbocycles. The Bertz CT molecular complexity index is 793. The molecule has 0 spiro atoms. The summed E-state index contributed by atoms with van der Waals surface area (Å²) in [6.45, 7) is 0. The van der Waals surface area contributed by atoms with Gasteiger partial charge in [-0.15, -0.1) is 0 Å². The Labute approximate surface area is 189 Å². The van der Waals surface area contributed by atoms with Crippen molar-refractivity contribution >= 4 is 0 Å². The second-order valence-corrected chi connectivity index (χ2v) is 10.7. The maximum Gasteiger partial charge on any atom is 0.00111 e. The molecule has 1 nitrogen and oxygen atoms in total. The molecule has 0 saturated heterocycles. The highest BCUT2D eigenvalue weighted by atomic mass is 14.5. The van der Waals surface area contributed by atoms with Gasteiger partial charge in [0, 0.05) is 5.92 Å². The second kappa shape index (κ2) is 9.80. The van der Waals surface area contributed by atoms with E-state index in [0.717, 1.165) is 35.5 Å². The van der Waals surface area contributed by atoms with Crippen molar-refractivity contribution in [3.8, 4) is 0 Å². The molecule has 166 valence electrons. The van der Waals surface area contributed by atoms with Gasteiger partial charge in [0.05, 0.1) is 0 Å². The van der Waals surface area contributed by atoms with Crippen LogP contribution in [0.1, 0.15) is 64.2 Å². The van der Waals surface area contributed by atoms with Crippen LogP contribution in [0.2, 0.25) is 0 Å². The molecule has 0 heterocycles. The average Bonchev–Trinajstić information content (AvgIpc) is 2.84. The predicted octanol–water partition coefficient (Wildman–Crippen LogP) is 7.51. The summed E-state index contributed by atoms with van der Waals surface area (Å²) in [6, 6.07) is 0. The van der Waals surface area contributed by atoms with E-state index in [0.29, 0.717) is 11.8 Å². The molecule has 0 aromatic rings. The first-order valence-electron chi connectivity index (χ1n) is 13.1. The lowest BCUT2D eigenvalue weighted by atomic mass is 9.55. The van der Waals surface area contributed by atoms with E-state index in [9.17, 15) is 0 Å². The number of rotatable bonds is 4. The summed E-state index contributed by atoms with van der Waals surface area (Å²) >= 11 is 0. The largest absolute Gasteiger partial charge is 0.405 e. The van der Waals surface area contributed by atoms with Crippen LogP contribution < -0.4 is 5.73 Å². The summed E-state index contributed by atoms with van der Waals surface area (Å²) in [7, 11) is 0. The highest BCUT2D eigenvalue weighted by molar-refractivity contribution is 5.26. The minimum Gasteiger partial charge on any atom is -0.405 e. The minimum absolute atomic E-state index is 0.681. The lowest BCUT2D eigenvalue weighted by molar-refractivity contribution is 0.0797. The fourth-order valence-corrected chi connectivity index (χ4v) is 7.73. The standard InChI is InChI=1S/C30H41N/c31-21-6-5-8-22-15-17-24(18-16-22)26-19-20-30(29-13-4-3-12-27(26)29)28-14-7-10-23-9-1-2-11-25(23)28/h1,4-6,8-9,13,17,19-23,25-30H,2-3,7,10-12,14-16,18,31H2/b8-5+,21-6-. The Morgan fingerprint density at radius 1 is 0.774 bits per heavy atom. The van der Waals surface area contributed by atoms with Crippen LogP contribution in [0, 0.1) is 47.3 Å². The fourth-order valence-electron chi connectivity index (χ4n) is 7.73. The zero-order valence-corrected chi connectivity index (χ0v) is 19.1. The van der Waals surface area contributed by atoms with Crippen molar-refractivity contribution in [2.75, 3.05) is 0 Å². The van der Waals surface area contributed by atoms with Gasteiger partial charge in [-0.3, -0.25) is 0 Å². The third-order valence-electron chi connectivity index (χ3n) is 9.21. The molecule has 31 heavy (non-hydrogen) atoms. The predicted molar refractivity (Wildman–Crippen MR) is 132 cm³/mol. The van der Waals surface area contributed by atoms with Gasteiger partial charge in [-0.25, -0.2) is 0 Å². The van der Waals surface area contributed by atoms with E-state index < -0.39 is 0 Å². The Kier molecular flexibility index (Phi) is 6.67. The number of nitrogens with two attached hydrogens (primary N) is 1. The fraction of sp³-hybridized carbons (Fsp3) is 0.600. The quantitative estimate of drug-likeness (QED) is 0.373. The molecular weight excluding hydrogens is 374 g/mol. The average molecular weight is 416 g/mol. The Morgan fingerprint density at radius 2 is 1.61 bits per heavy atom. The molecule has 0 aliphatic heterocycles. The maximum atomic E-state index is 5.47. The number of allylic oxidation sites excluding steroid dienone is 11. The summed E-state index contributed by atoms with van der Waals surface area (Å²) in [4.78, 5) is 0. The minimum atomic E-state index is 0.681. The Morgan fingerprint density at radius 3 is 2.45 bits per heavy atom. The van der Waals surface area contributed by atoms with Crippen molar-refractivity contribution in [1.82, 2.24) is 0 Å². The van der Waals surface area contributed by atoms with Crippen LogP contribution in [-0.4, -0.2) is 0 Å². The Balaban J connectivity index is 1.34.